The van der Waals surface area contributed by atoms with Crippen molar-refractivity contribution in [1.82, 2.24) is 9.88 Å². The van der Waals surface area contributed by atoms with Crippen molar-refractivity contribution in [3.63, 3.8) is 0 Å². The summed E-state index contributed by atoms with van der Waals surface area (Å²) in [6.45, 7) is 6.86. The van der Waals surface area contributed by atoms with Gasteiger partial charge in [-0.15, -0.1) is 0 Å². The van der Waals surface area contributed by atoms with Crippen LogP contribution in [0.1, 0.15) is 29.9 Å². The fourth-order valence-corrected chi connectivity index (χ4v) is 2.44. The number of nitrogens with zero attached hydrogens (tertiary/aromatic N) is 2. The first-order valence-electron chi connectivity index (χ1n) is 7.26. The van der Waals surface area contributed by atoms with E-state index < -0.39 is 0 Å². The van der Waals surface area contributed by atoms with E-state index in [4.69, 9.17) is 5.73 Å². The Hall–Kier alpha value is -2.01. The van der Waals surface area contributed by atoms with E-state index in [9.17, 15) is 9.18 Å². The molecule has 22 heavy (non-hydrogen) atoms. The number of amides is 1. The molecule has 0 aliphatic carbocycles. The second-order valence-corrected chi connectivity index (χ2v) is 6.49. The summed E-state index contributed by atoms with van der Waals surface area (Å²) in [7, 11) is 1.76. The van der Waals surface area contributed by atoms with Crippen molar-refractivity contribution in [2.75, 3.05) is 20.1 Å². The molecule has 0 saturated carbocycles. The molecule has 2 aromatic rings. The lowest BCUT2D eigenvalue weighted by molar-refractivity contribution is 0.0739. The highest BCUT2D eigenvalue weighted by atomic mass is 19.1. The molecule has 118 valence electrons. The lowest BCUT2D eigenvalue weighted by Gasteiger charge is -2.29. The minimum absolute atomic E-state index is 0.0993. The summed E-state index contributed by atoms with van der Waals surface area (Å²) in [5.74, 6) is -0.432. The van der Waals surface area contributed by atoms with Crippen LogP contribution in [0.2, 0.25) is 0 Å². The number of hydrogen-bond acceptors (Lipinski definition) is 3. The van der Waals surface area contributed by atoms with Gasteiger partial charge in [0.05, 0.1) is 16.8 Å². The van der Waals surface area contributed by atoms with Crippen LogP contribution in [0.5, 0.6) is 0 Å². The van der Waals surface area contributed by atoms with Crippen molar-refractivity contribution >= 4 is 16.8 Å². The third kappa shape index (κ3) is 3.42. The van der Waals surface area contributed by atoms with E-state index in [0.717, 1.165) is 5.39 Å². The Bertz CT molecular complexity index is 712. The number of nitrogens with two attached hydrogens (primary N) is 1. The number of aryl methyl sites for hydroxylation is 1. The van der Waals surface area contributed by atoms with Gasteiger partial charge in [-0.3, -0.25) is 9.78 Å². The Kier molecular flexibility index (Phi) is 4.47. The van der Waals surface area contributed by atoms with E-state index in [1.165, 1.54) is 12.1 Å². The zero-order valence-corrected chi connectivity index (χ0v) is 13.5. The molecule has 1 heterocycles. The molecule has 0 aliphatic rings. The summed E-state index contributed by atoms with van der Waals surface area (Å²) in [4.78, 5) is 18.6. The molecule has 4 nitrogen and oxygen atoms in total. The Labute approximate surface area is 130 Å². The summed E-state index contributed by atoms with van der Waals surface area (Å²) >= 11 is 0. The molecule has 0 unspecified atom stereocenters. The zero-order chi connectivity index (χ0) is 16.5. The molecule has 0 aliphatic heterocycles. The van der Waals surface area contributed by atoms with Gasteiger partial charge in [0.25, 0.3) is 5.91 Å². The van der Waals surface area contributed by atoms with Crippen molar-refractivity contribution in [2.45, 2.75) is 20.8 Å². The van der Waals surface area contributed by atoms with E-state index in [0.29, 0.717) is 29.9 Å². The molecule has 1 aromatic heterocycles. The van der Waals surface area contributed by atoms with Gasteiger partial charge in [0.15, 0.2) is 0 Å². The van der Waals surface area contributed by atoms with Crippen LogP contribution < -0.4 is 5.73 Å². The normalized spacial score (nSPS) is 11.7. The first-order valence-corrected chi connectivity index (χ1v) is 7.26. The summed E-state index contributed by atoms with van der Waals surface area (Å²) in [6.07, 6.45) is 0. The van der Waals surface area contributed by atoms with Gasteiger partial charge < -0.3 is 10.6 Å². The van der Waals surface area contributed by atoms with Gasteiger partial charge in [-0.05, 0) is 37.1 Å². The van der Waals surface area contributed by atoms with Gasteiger partial charge >= 0.3 is 0 Å². The monoisotopic (exact) mass is 303 g/mol. The molecule has 0 radical (unpaired) electrons. The Balaban J connectivity index is 2.35. The van der Waals surface area contributed by atoms with E-state index in [2.05, 4.69) is 4.98 Å². The molecular weight excluding hydrogens is 281 g/mol. The summed E-state index contributed by atoms with van der Waals surface area (Å²) in [6, 6.07) is 6.15. The number of rotatable bonds is 4. The van der Waals surface area contributed by atoms with Gasteiger partial charge in [0.1, 0.15) is 5.82 Å². The quantitative estimate of drug-likeness (QED) is 0.945. The Morgan fingerprint density at radius 3 is 2.68 bits per heavy atom. The molecule has 0 atom stereocenters. The molecule has 5 heteroatoms. The number of aromatic nitrogens is 1. The van der Waals surface area contributed by atoms with Crippen LogP contribution in [0.4, 0.5) is 4.39 Å². The van der Waals surface area contributed by atoms with E-state index in [-0.39, 0.29) is 17.1 Å². The largest absolute Gasteiger partial charge is 0.341 e. The zero-order valence-electron chi connectivity index (χ0n) is 13.5. The standard InChI is InChI=1S/C17H22FN3O/c1-11-14(16(22)21(4)10-17(2,3)9-19)7-12-5-6-13(18)8-15(12)20-11/h5-8H,9-10,19H2,1-4H3. The maximum absolute atomic E-state index is 13.3. The van der Waals surface area contributed by atoms with Gasteiger partial charge in [0, 0.05) is 25.0 Å². The third-order valence-corrected chi connectivity index (χ3v) is 3.77. The van der Waals surface area contributed by atoms with Crippen molar-refractivity contribution in [1.29, 1.82) is 0 Å². The second kappa shape index (κ2) is 6.01. The maximum atomic E-state index is 13.3. The summed E-state index contributed by atoms with van der Waals surface area (Å²) in [5.41, 5.74) is 7.27. The number of carbonyl (C=O) groups is 1. The molecule has 0 bridgehead atoms. The van der Waals surface area contributed by atoms with Gasteiger partial charge in [-0.25, -0.2) is 4.39 Å². The first-order chi connectivity index (χ1) is 10.2. The van der Waals surface area contributed by atoms with Gasteiger partial charge in [-0.2, -0.15) is 0 Å². The predicted octanol–water partition coefficient (Wildman–Crippen LogP) is 2.74. The van der Waals surface area contributed by atoms with Crippen LogP contribution >= 0.6 is 0 Å². The van der Waals surface area contributed by atoms with Crippen LogP contribution in [-0.2, 0) is 0 Å². The highest BCUT2D eigenvalue weighted by Gasteiger charge is 2.23. The Morgan fingerprint density at radius 1 is 1.36 bits per heavy atom. The average molecular weight is 303 g/mol. The van der Waals surface area contributed by atoms with Crippen LogP contribution in [0.3, 0.4) is 0 Å². The molecule has 1 aromatic carbocycles. The van der Waals surface area contributed by atoms with E-state index in [1.807, 2.05) is 13.8 Å². The van der Waals surface area contributed by atoms with Crippen molar-refractivity contribution in [2.24, 2.45) is 11.1 Å². The number of benzene rings is 1. The number of halogens is 1. The fraction of sp³-hybridized carbons (Fsp3) is 0.412. The first kappa shape index (κ1) is 16.4. The fourth-order valence-electron chi connectivity index (χ4n) is 2.44. The minimum Gasteiger partial charge on any atom is -0.341 e. The van der Waals surface area contributed by atoms with Crippen LogP contribution in [0.15, 0.2) is 24.3 Å². The van der Waals surface area contributed by atoms with E-state index >= 15 is 0 Å². The summed E-state index contributed by atoms with van der Waals surface area (Å²) in [5, 5.41) is 0.752. The molecule has 1 amide bonds. The highest BCUT2D eigenvalue weighted by Crippen LogP contribution is 2.20. The van der Waals surface area contributed by atoms with Gasteiger partial charge in [0.2, 0.25) is 0 Å². The van der Waals surface area contributed by atoms with E-state index in [1.54, 1.807) is 31.0 Å². The number of pyridine rings is 1. The van der Waals surface area contributed by atoms with Crippen LogP contribution in [0.25, 0.3) is 10.9 Å². The number of carbonyl (C=O) groups excluding carboxylic acids is 1. The molecule has 2 N–H and O–H groups in total. The smallest absolute Gasteiger partial charge is 0.255 e. The average Bonchev–Trinajstić information content (AvgIpc) is 2.45. The minimum atomic E-state index is -0.333. The lowest BCUT2D eigenvalue weighted by Crippen LogP contribution is -2.40. The molecule has 2 rings (SSSR count). The van der Waals surface area contributed by atoms with Crippen molar-refractivity contribution in [3.05, 3.63) is 41.3 Å². The molecule has 0 fully saturated rings. The highest BCUT2D eigenvalue weighted by molar-refractivity contribution is 5.98. The molecular formula is C17H22FN3O. The summed E-state index contributed by atoms with van der Waals surface area (Å²) < 4.78 is 13.3. The van der Waals surface area contributed by atoms with Gasteiger partial charge in [-0.1, -0.05) is 13.8 Å². The predicted molar refractivity (Wildman–Crippen MR) is 86.2 cm³/mol. The van der Waals surface area contributed by atoms with Crippen LogP contribution in [-0.4, -0.2) is 35.9 Å². The van der Waals surface area contributed by atoms with Crippen molar-refractivity contribution in [3.8, 4) is 0 Å². The SMILES string of the molecule is Cc1nc2cc(F)ccc2cc1C(=O)N(C)CC(C)(C)CN. The maximum Gasteiger partial charge on any atom is 0.255 e. The topological polar surface area (TPSA) is 59.2 Å². The number of fused-ring (bicyclic) bond motifs is 1. The Morgan fingerprint density at radius 2 is 2.05 bits per heavy atom. The second-order valence-electron chi connectivity index (χ2n) is 6.49. The number of hydrogen-bond donors (Lipinski definition) is 1. The lowest BCUT2D eigenvalue weighted by atomic mass is 9.93. The van der Waals surface area contributed by atoms with Crippen molar-refractivity contribution < 1.29 is 9.18 Å². The molecule has 0 spiro atoms. The van der Waals surface area contributed by atoms with Crippen LogP contribution in [0, 0.1) is 18.2 Å². The molecule has 0 saturated heterocycles. The third-order valence-electron chi connectivity index (χ3n) is 3.77.